The van der Waals surface area contributed by atoms with E-state index < -0.39 is 5.97 Å². The van der Waals surface area contributed by atoms with Crippen molar-refractivity contribution in [2.75, 3.05) is 6.61 Å². The number of aromatic nitrogens is 1. The minimum absolute atomic E-state index is 0.342. The molecular formula is C14H11NO2. The maximum atomic E-state index is 11.1. The number of ether oxygens (including phenoxy) is 1. The quantitative estimate of drug-likeness (QED) is 0.551. The van der Waals surface area contributed by atoms with E-state index >= 15 is 0 Å². The lowest BCUT2D eigenvalue weighted by atomic mass is 10.1. The SMILES string of the molecule is CCOC(=O)C#Cc1ccc2ncccc2c1. The Morgan fingerprint density at radius 1 is 1.41 bits per heavy atom. The molecule has 0 N–H and O–H groups in total. The van der Waals surface area contributed by atoms with Crippen molar-refractivity contribution in [2.45, 2.75) is 6.92 Å². The Morgan fingerprint density at radius 2 is 2.29 bits per heavy atom. The van der Waals surface area contributed by atoms with E-state index in [2.05, 4.69) is 16.8 Å². The summed E-state index contributed by atoms with van der Waals surface area (Å²) in [7, 11) is 0. The molecule has 0 spiro atoms. The number of pyridine rings is 1. The highest BCUT2D eigenvalue weighted by atomic mass is 16.5. The van der Waals surface area contributed by atoms with Crippen LogP contribution >= 0.6 is 0 Å². The minimum atomic E-state index is -0.501. The molecule has 1 aromatic carbocycles. The maximum absolute atomic E-state index is 11.1. The van der Waals surface area contributed by atoms with Gasteiger partial charge in [0.1, 0.15) is 0 Å². The number of esters is 1. The van der Waals surface area contributed by atoms with E-state index in [9.17, 15) is 4.79 Å². The highest BCUT2D eigenvalue weighted by molar-refractivity contribution is 5.89. The topological polar surface area (TPSA) is 39.2 Å². The fourth-order valence-electron chi connectivity index (χ4n) is 1.44. The van der Waals surface area contributed by atoms with Gasteiger partial charge in [-0.05, 0) is 31.2 Å². The second-order valence-corrected chi connectivity index (χ2v) is 3.38. The Balaban J connectivity index is 2.28. The van der Waals surface area contributed by atoms with Crippen molar-refractivity contribution >= 4 is 16.9 Å². The standard InChI is InChI=1S/C14H11NO2/c1-2-17-14(16)8-6-11-5-7-13-12(10-11)4-3-9-15-13/h3-5,7,9-10H,2H2,1H3. The van der Waals surface area contributed by atoms with Gasteiger partial charge in [-0.1, -0.05) is 12.0 Å². The Hall–Kier alpha value is -2.34. The summed E-state index contributed by atoms with van der Waals surface area (Å²) >= 11 is 0. The lowest BCUT2D eigenvalue weighted by Gasteiger charge is -1.96. The van der Waals surface area contributed by atoms with Crippen molar-refractivity contribution < 1.29 is 9.53 Å². The largest absolute Gasteiger partial charge is 0.456 e. The normalized spacial score (nSPS) is 9.47. The average Bonchev–Trinajstić information content (AvgIpc) is 2.36. The summed E-state index contributed by atoms with van der Waals surface area (Å²) in [6.07, 6.45) is 1.74. The van der Waals surface area contributed by atoms with Gasteiger partial charge < -0.3 is 4.74 Å². The molecule has 0 saturated heterocycles. The van der Waals surface area contributed by atoms with E-state index in [4.69, 9.17) is 4.74 Å². The zero-order valence-corrected chi connectivity index (χ0v) is 9.43. The summed E-state index contributed by atoms with van der Waals surface area (Å²) in [5, 5.41) is 1.00. The van der Waals surface area contributed by atoms with E-state index in [-0.39, 0.29) is 0 Å². The fourth-order valence-corrected chi connectivity index (χ4v) is 1.44. The van der Waals surface area contributed by atoms with Crippen LogP contribution in [-0.2, 0) is 9.53 Å². The number of rotatable bonds is 1. The van der Waals surface area contributed by atoms with Crippen LogP contribution in [0.25, 0.3) is 10.9 Å². The lowest BCUT2D eigenvalue weighted by molar-refractivity contribution is -0.136. The fraction of sp³-hybridized carbons (Fsp3) is 0.143. The lowest BCUT2D eigenvalue weighted by Crippen LogP contribution is -1.99. The molecule has 17 heavy (non-hydrogen) atoms. The van der Waals surface area contributed by atoms with E-state index in [1.165, 1.54) is 0 Å². The van der Waals surface area contributed by atoms with Gasteiger partial charge in [0.05, 0.1) is 12.1 Å². The summed E-state index contributed by atoms with van der Waals surface area (Å²) in [5.74, 6) is 4.70. The van der Waals surface area contributed by atoms with Crippen LogP contribution in [0.1, 0.15) is 12.5 Å². The average molecular weight is 225 g/mol. The van der Waals surface area contributed by atoms with Gasteiger partial charge in [-0.15, -0.1) is 0 Å². The molecule has 0 aliphatic carbocycles. The van der Waals surface area contributed by atoms with Crippen LogP contribution in [0.5, 0.6) is 0 Å². The van der Waals surface area contributed by atoms with Crippen molar-refractivity contribution in [3.05, 3.63) is 42.1 Å². The number of nitrogens with zero attached hydrogens (tertiary/aromatic N) is 1. The molecule has 0 saturated carbocycles. The first-order chi connectivity index (χ1) is 8.29. The van der Waals surface area contributed by atoms with E-state index in [1.807, 2.05) is 30.3 Å². The molecule has 0 aliphatic rings. The summed E-state index contributed by atoms with van der Waals surface area (Å²) in [5.41, 5.74) is 1.69. The third-order valence-electron chi connectivity index (χ3n) is 2.19. The number of benzene rings is 1. The Morgan fingerprint density at radius 3 is 3.12 bits per heavy atom. The number of hydrogen-bond acceptors (Lipinski definition) is 3. The second kappa shape index (κ2) is 5.13. The predicted octanol–water partition coefficient (Wildman–Crippen LogP) is 2.15. The number of hydrogen-bond donors (Lipinski definition) is 0. The van der Waals surface area contributed by atoms with Gasteiger partial charge in [-0.3, -0.25) is 4.98 Å². The molecule has 0 aliphatic heterocycles. The Labute approximate surface area is 99.4 Å². The molecule has 0 atom stereocenters. The molecule has 0 fully saturated rings. The first-order valence-corrected chi connectivity index (χ1v) is 5.33. The molecule has 3 nitrogen and oxygen atoms in total. The first-order valence-electron chi connectivity index (χ1n) is 5.33. The summed E-state index contributed by atoms with van der Waals surface area (Å²) < 4.78 is 4.73. The van der Waals surface area contributed by atoms with Crippen LogP contribution in [0.3, 0.4) is 0 Å². The van der Waals surface area contributed by atoms with Crippen LogP contribution < -0.4 is 0 Å². The van der Waals surface area contributed by atoms with E-state index in [0.29, 0.717) is 6.61 Å². The third-order valence-corrected chi connectivity index (χ3v) is 2.19. The van der Waals surface area contributed by atoms with Crippen LogP contribution in [-0.4, -0.2) is 17.6 Å². The molecule has 2 aromatic rings. The van der Waals surface area contributed by atoms with Gasteiger partial charge in [0.25, 0.3) is 0 Å². The van der Waals surface area contributed by atoms with Gasteiger partial charge in [0.2, 0.25) is 0 Å². The molecule has 1 heterocycles. The summed E-state index contributed by atoms with van der Waals surface area (Å²) in [4.78, 5) is 15.3. The summed E-state index contributed by atoms with van der Waals surface area (Å²) in [6.45, 7) is 2.09. The Kier molecular flexibility index (Phi) is 3.37. The number of carbonyl (C=O) groups is 1. The van der Waals surface area contributed by atoms with Gasteiger partial charge in [-0.25, -0.2) is 4.79 Å². The van der Waals surface area contributed by atoms with Gasteiger partial charge >= 0.3 is 5.97 Å². The van der Waals surface area contributed by atoms with E-state index in [1.54, 1.807) is 13.1 Å². The molecule has 3 heteroatoms. The molecule has 0 amide bonds. The maximum Gasteiger partial charge on any atom is 0.384 e. The third kappa shape index (κ3) is 2.82. The molecular weight excluding hydrogens is 214 g/mol. The van der Waals surface area contributed by atoms with Crippen LogP contribution in [0.4, 0.5) is 0 Å². The van der Waals surface area contributed by atoms with Crippen molar-refractivity contribution in [1.82, 2.24) is 4.98 Å². The van der Waals surface area contributed by atoms with Crippen LogP contribution in [0.15, 0.2) is 36.5 Å². The summed E-state index contributed by atoms with van der Waals surface area (Å²) in [6, 6.07) is 9.43. The molecule has 2 rings (SSSR count). The molecule has 84 valence electrons. The van der Waals surface area contributed by atoms with Crippen LogP contribution in [0, 0.1) is 11.8 Å². The highest BCUT2D eigenvalue weighted by Gasteiger charge is 1.96. The number of fused-ring (bicyclic) bond motifs is 1. The van der Waals surface area contributed by atoms with Crippen LogP contribution in [0.2, 0.25) is 0 Å². The molecule has 1 aromatic heterocycles. The molecule has 0 unspecified atom stereocenters. The van der Waals surface area contributed by atoms with Crippen molar-refractivity contribution in [1.29, 1.82) is 0 Å². The first kappa shape index (κ1) is 11.2. The van der Waals surface area contributed by atoms with Gasteiger partial charge in [0.15, 0.2) is 0 Å². The smallest absolute Gasteiger partial charge is 0.384 e. The zero-order chi connectivity index (χ0) is 12.1. The van der Waals surface area contributed by atoms with Crippen molar-refractivity contribution in [3.63, 3.8) is 0 Å². The number of carbonyl (C=O) groups excluding carboxylic acids is 1. The minimum Gasteiger partial charge on any atom is -0.456 e. The van der Waals surface area contributed by atoms with Gasteiger partial charge in [0, 0.05) is 23.1 Å². The van der Waals surface area contributed by atoms with Gasteiger partial charge in [-0.2, -0.15) is 0 Å². The Bertz CT molecular complexity index is 608. The predicted molar refractivity (Wildman–Crippen MR) is 65.3 cm³/mol. The molecule has 0 bridgehead atoms. The zero-order valence-electron chi connectivity index (χ0n) is 9.43. The van der Waals surface area contributed by atoms with Crippen molar-refractivity contribution in [3.8, 4) is 11.8 Å². The second-order valence-electron chi connectivity index (χ2n) is 3.38. The van der Waals surface area contributed by atoms with Crippen molar-refractivity contribution in [2.24, 2.45) is 0 Å². The van der Waals surface area contributed by atoms with E-state index in [0.717, 1.165) is 16.5 Å². The highest BCUT2D eigenvalue weighted by Crippen LogP contribution is 2.12. The molecule has 0 radical (unpaired) electrons. The monoisotopic (exact) mass is 225 g/mol.